The molecule has 1 aromatic carbocycles. The highest BCUT2D eigenvalue weighted by atomic mass is 35.5. The van der Waals surface area contributed by atoms with Gasteiger partial charge >= 0.3 is 5.91 Å². The summed E-state index contributed by atoms with van der Waals surface area (Å²) in [4.78, 5) is 12.0. The topological polar surface area (TPSA) is 68.3 Å². The number of hydrogen-bond acceptors (Lipinski definition) is 4. The number of hydrazine groups is 1. The number of hydrogen-bond donors (Lipinski definition) is 2. The maximum atomic E-state index is 11.2. The van der Waals surface area contributed by atoms with Crippen LogP contribution in [0.3, 0.4) is 0 Å². The Balaban J connectivity index is 2.07. The van der Waals surface area contributed by atoms with E-state index >= 15 is 0 Å². The zero-order valence-electron chi connectivity index (χ0n) is 9.65. The molecule has 19 heavy (non-hydrogen) atoms. The third-order valence-electron chi connectivity index (χ3n) is 2.29. The average molecular weight is 317 g/mol. The van der Waals surface area contributed by atoms with E-state index in [1.54, 1.807) is 30.3 Å². The average Bonchev–Trinajstić information content (AvgIpc) is 2.86. The molecule has 0 aliphatic rings. The fourth-order valence-electron chi connectivity index (χ4n) is 1.41. The van der Waals surface area contributed by atoms with Gasteiger partial charge in [-0.1, -0.05) is 29.3 Å². The number of halogens is 2. The molecule has 1 heterocycles. The lowest BCUT2D eigenvalue weighted by Gasteiger charge is -2.04. The minimum absolute atomic E-state index is 0.170. The monoisotopic (exact) mass is 316 g/mol. The first-order valence-corrected chi connectivity index (χ1v) is 7.02. The van der Waals surface area contributed by atoms with Gasteiger partial charge in [-0.25, -0.2) is 5.84 Å². The van der Waals surface area contributed by atoms with Gasteiger partial charge in [0.25, 0.3) is 0 Å². The fourth-order valence-corrected chi connectivity index (χ4v) is 2.99. The van der Waals surface area contributed by atoms with Crippen LogP contribution in [-0.4, -0.2) is 5.91 Å². The van der Waals surface area contributed by atoms with Crippen molar-refractivity contribution in [3.05, 3.63) is 51.9 Å². The molecule has 0 aliphatic heterocycles. The standard InChI is InChI=1S/C12H10Cl2N2O2S/c13-8-2-1-3-9(14)11(8)19-6-7-4-5-10(18-7)12(17)16-15/h1-5H,6,15H2,(H,16,17). The van der Waals surface area contributed by atoms with Gasteiger partial charge in [0.1, 0.15) is 5.76 Å². The van der Waals surface area contributed by atoms with E-state index in [2.05, 4.69) is 0 Å². The van der Waals surface area contributed by atoms with E-state index in [-0.39, 0.29) is 5.76 Å². The number of nitrogens with two attached hydrogens (primary N) is 1. The van der Waals surface area contributed by atoms with Crippen molar-refractivity contribution in [3.63, 3.8) is 0 Å². The second kappa shape index (κ2) is 6.34. The SMILES string of the molecule is NNC(=O)c1ccc(CSc2c(Cl)cccc2Cl)o1. The highest BCUT2D eigenvalue weighted by Crippen LogP contribution is 2.35. The fraction of sp³-hybridized carbons (Fsp3) is 0.0833. The van der Waals surface area contributed by atoms with Crippen molar-refractivity contribution in [1.29, 1.82) is 0 Å². The lowest BCUT2D eigenvalue weighted by Crippen LogP contribution is -2.29. The number of thioether (sulfide) groups is 1. The first-order chi connectivity index (χ1) is 9.11. The number of furan rings is 1. The van der Waals surface area contributed by atoms with Gasteiger partial charge in [-0.3, -0.25) is 10.2 Å². The molecule has 0 aliphatic carbocycles. The van der Waals surface area contributed by atoms with Crippen molar-refractivity contribution in [2.24, 2.45) is 5.84 Å². The lowest BCUT2D eigenvalue weighted by atomic mass is 10.4. The highest BCUT2D eigenvalue weighted by Gasteiger charge is 2.11. The van der Waals surface area contributed by atoms with Crippen LogP contribution in [-0.2, 0) is 5.75 Å². The Kier molecular flexibility index (Phi) is 4.76. The van der Waals surface area contributed by atoms with Crippen LogP contribution < -0.4 is 11.3 Å². The largest absolute Gasteiger partial charge is 0.455 e. The molecular formula is C12H10Cl2N2O2S. The molecule has 0 saturated carbocycles. The highest BCUT2D eigenvalue weighted by molar-refractivity contribution is 7.98. The Morgan fingerprint density at radius 3 is 2.58 bits per heavy atom. The summed E-state index contributed by atoms with van der Waals surface area (Å²) in [5.41, 5.74) is 2.00. The number of nitrogen functional groups attached to an aromatic ring is 1. The lowest BCUT2D eigenvalue weighted by molar-refractivity contribution is 0.0924. The molecule has 0 radical (unpaired) electrons. The smallest absolute Gasteiger partial charge is 0.300 e. The molecule has 0 unspecified atom stereocenters. The van der Waals surface area contributed by atoms with E-state index in [0.717, 1.165) is 4.90 Å². The van der Waals surface area contributed by atoms with Crippen LogP contribution in [0, 0.1) is 0 Å². The van der Waals surface area contributed by atoms with E-state index in [9.17, 15) is 4.79 Å². The van der Waals surface area contributed by atoms with Crippen LogP contribution >= 0.6 is 35.0 Å². The van der Waals surface area contributed by atoms with Crippen LogP contribution in [0.15, 0.2) is 39.6 Å². The summed E-state index contributed by atoms with van der Waals surface area (Å²) in [7, 11) is 0. The molecule has 4 nitrogen and oxygen atoms in total. The number of benzene rings is 1. The molecule has 0 bridgehead atoms. The summed E-state index contributed by atoms with van der Waals surface area (Å²) in [6.45, 7) is 0. The summed E-state index contributed by atoms with van der Waals surface area (Å²) in [6, 6.07) is 8.59. The van der Waals surface area contributed by atoms with E-state index < -0.39 is 5.91 Å². The summed E-state index contributed by atoms with van der Waals surface area (Å²) >= 11 is 13.6. The zero-order chi connectivity index (χ0) is 13.8. The first kappa shape index (κ1) is 14.3. The third-order valence-corrected chi connectivity index (χ3v) is 4.31. The van der Waals surface area contributed by atoms with Crippen molar-refractivity contribution < 1.29 is 9.21 Å². The van der Waals surface area contributed by atoms with Gasteiger partial charge in [0.15, 0.2) is 5.76 Å². The van der Waals surface area contributed by atoms with Gasteiger partial charge in [-0.2, -0.15) is 0 Å². The van der Waals surface area contributed by atoms with Crippen molar-refractivity contribution >= 4 is 40.9 Å². The minimum atomic E-state index is -0.466. The molecule has 0 spiro atoms. The Morgan fingerprint density at radius 1 is 1.26 bits per heavy atom. The maximum absolute atomic E-state index is 11.2. The van der Waals surface area contributed by atoms with Gasteiger partial charge in [-0.05, 0) is 24.3 Å². The van der Waals surface area contributed by atoms with Gasteiger partial charge < -0.3 is 4.42 Å². The summed E-state index contributed by atoms with van der Waals surface area (Å²) in [5.74, 6) is 5.88. The quantitative estimate of drug-likeness (QED) is 0.392. The molecular weight excluding hydrogens is 307 g/mol. The van der Waals surface area contributed by atoms with Crippen LogP contribution in [0.1, 0.15) is 16.3 Å². The van der Waals surface area contributed by atoms with Crippen LogP contribution in [0.25, 0.3) is 0 Å². The van der Waals surface area contributed by atoms with Crippen LogP contribution in [0.4, 0.5) is 0 Å². The zero-order valence-corrected chi connectivity index (χ0v) is 12.0. The number of amides is 1. The minimum Gasteiger partial charge on any atom is -0.455 e. The van der Waals surface area contributed by atoms with Crippen molar-refractivity contribution in [2.75, 3.05) is 0 Å². The molecule has 7 heteroatoms. The Bertz CT molecular complexity index is 581. The molecule has 2 aromatic rings. The Hall–Kier alpha value is -1.14. The second-order valence-electron chi connectivity index (χ2n) is 3.58. The van der Waals surface area contributed by atoms with E-state index in [0.29, 0.717) is 21.6 Å². The van der Waals surface area contributed by atoms with Crippen molar-refractivity contribution in [3.8, 4) is 0 Å². The van der Waals surface area contributed by atoms with Crippen LogP contribution in [0.5, 0.6) is 0 Å². The molecule has 2 rings (SSSR count). The molecule has 100 valence electrons. The van der Waals surface area contributed by atoms with Gasteiger partial charge in [0.05, 0.1) is 15.8 Å². The van der Waals surface area contributed by atoms with Gasteiger partial charge in [-0.15, -0.1) is 11.8 Å². The second-order valence-corrected chi connectivity index (χ2v) is 5.38. The molecule has 1 amide bonds. The third kappa shape index (κ3) is 3.45. The number of carbonyl (C=O) groups excluding carboxylic acids is 1. The van der Waals surface area contributed by atoms with Gasteiger partial charge in [0.2, 0.25) is 0 Å². The first-order valence-electron chi connectivity index (χ1n) is 5.28. The molecule has 0 fully saturated rings. The Labute approximate surface area is 124 Å². The van der Waals surface area contributed by atoms with Crippen LogP contribution in [0.2, 0.25) is 10.0 Å². The maximum Gasteiger partial charge on any atom is 0.300 e. The molecule has 1 aromatic heterocycles. The molecule has 3 N–H and O–H groups in total. The predicted molar refractivity (Wildman–Crippen MR) is 76.4 cm³/mol. The summed E-state index contributed by atoms with van der Waals surface area (Å²) in [5, 5.41) is 1.17. The van der Waals surface area contributed by atoms with E-state index in [1.165, 1.54) is 11.8 Å². The van der Waals surface area contributed by atoms with Gasteiger partial charge in [0, 0.05) is 4.90 Å². The number of rotatable bonds is 4. The van der Waals surface area contributed by atoms with Crippen molar-refractivity contribution in [1.82, 2.24) is 5.43 Å². The van der Waals surface area contributed by atoms with Crippen molar-refractivity contribution in [2.45, 2.75) is 10.6 Å². The van der Waals surface area contributed by atoms with E-state index in [4.69, 9.17) is 33.5 Å². The molecule has 0 atom stereocenters. The van der Waals surface area contributed by atoms with E-state index in [1.807, 2.05) is 5.43 Å². The summed E-state index contributed by atoms with van der Waals surface area (Å²) < 4.78 is 5.34. The molecule has 0 saturated heterocycles. The normalized spacial score (nSPS) is 10.5. The number of nitrogens with one attached hydrogen (secondary N) is 1. The Morgan fingerprint density at radius 2 is 1.95 bits per heavy atom. The summed E-state index contributed by atoms with van der Waals surface area (Å²) in [6.07, 6.45) is 0. The number of carbonyl (C=O) groups is 1. The predicted octanol–water partition coefficient (Wildman–Crippen LogP) is 3.48.